The van der Waals surface area contributed by atoms with E-state index in [9.17, 15) is 0 Å². The number of hydrogen-bond donors (Lipinski definition) is 0. The van der Waals surface area contributed by atoms with Crippen molar-refractivity contribution in [3.05, 3.63) is 438 Å². The van der Waals surface area contributed by atoms with Gasteiger partial charge in [0.2, 0.25) is 0 Å². The van der Waals surface area contributed by atoms with Crippen LogP contribution in [0.3, 0.4) is 0 Å². The van der Waals surface area contributed by atoms with E-state index in [-0.39, 0.29) is 0 Å². The third-order valence-corrected chi connectivity index (χ3v) is 17.1. The molecule has 0 spiro atoms. The maximum atomic E-state index is 4.25. The van der Waals surface area contributed by atoms with E-state index >= 15 is 0 Å². The molecule has 0 atom stereocenters. The maximum Gasteiger partial charge on any atom is 0.0351 e. The van der Waals surface area contributed by atoms with Gasteiger partial charge in [-0.3, -0.25) is 0 Å². The summed E-state index contributed by atoms with van der Waals surface area (Å²) < 4.78 is 8.50. The zero-order valence-electron chi connectivity index (χ0n) is 67.3. The van der Waals surface area contributed by atoms with E-state index < -0.39 is 0 Å². The highest BCUT2D eigenvalue weighted by molar-refractivity contribution is 5.66. The molecule has 0 aliphatic rings. The third kappa shape index (κ3) is 38.2. The maximum absolute atomic E-state index is 4.25. The molecular weight excluding hydrogens is 1260 g/mol. The molecule has 0 heterocycles. The van der Waals surface area contributed by atoms with Gasteiger partial charge >= 0.3 is 0 Å². The Hall–Kier alpha value is -10.2. The van der Waals surface area contributed by atoms with Crippen molar-refractivity contribution in [1.82, 2.24) is 0 Å². The second-order valence-electron chi connectivity index (χ2n) is 27.0. The first-order valence-electron chi connectivity index (χ1n) is 36.3. The van der Waals surface area contributed by atoms with Crippen molar-refractivity contribution in [1.29, 1.82) is 0 Å². The Morgan fingerprint density at radius 2 is 0.385 bits per heavy atom. The molecule has 0 saturated heterocycles. The van der Waals surface area contributed by atoms with Gasteiger partial charge in [0.25, 0.3) is 0 Å². The summed E-state index contributed by atoms with van der Waals surface area (Å²) in [6.07, 6.45) is 2.06. The van der Waals surface area contributed by atoms with Crippen molar-refractivity contribution < 1.29 is 9.47 Å². The van der Waals surface area contributed by atoms with Gasteiger partial charge in [0.15, 0.2) is 0 Å². The van der Waals surface area contributed by atoms with Crippen LogP contribution in [0.25, 0.3) is 22.3 Å². The first-order valence-corrected chi connectivity index (χ1v) is 36.3. The molecule has 2 heteroatoms. The minimum Gasteiger partial charge on any atom is -0.388 e. The summed E-state index contributed by atoms with van der Waals surface area (Å²) in [5.74, 6) is 0. The zero-order valence-corrected chi connectivity index (χ0v) is 67.3. The monoisotopic (exact) mass is 1380 g/mol. The molecule has 0 radical (unpaired) electrons. The molecule has 0 fully saturated rings. The van der Waals surface area contributed by atoms with Gasteiger partial charge in [0.1, 0.15) is 0 Å². The average Bonchev–Trinajstić information content (AvgIpc) is 0.827. The van der Waals surface area contributed by atoms with Gasteiger partial charge in [-0.05, 0) is 232 Å². The Kier molecular flexibility index (Phi) is 43.2. The van der Waals surface area contributed by atoms with Gasteiger partial charge in [-0.2, -0.15) is 0 Å². The van der Waals surface area contributed by atoms with Crippen LogP contribution in [0.1, 0.15) is 122 Å². The molecule has 2 nitrogen and oxygen atoms in total. The summed E-state index contributed by atoms with van der Waals surface area (Å²) in [5, 5.41) is 0. The molecule has 0 unspecified atom stereocenters. The predicted octanol–water partition coefficient (Wildman–Crippen LogP) is 27.8. The van der Waals surface area contributed by atoms with E-state index in [1.807, 2.05) is 36.4 Å². The minimum absolute atomic E-state index is 1.03. The van der Waals surface area contributed by atoms with Crippen LogP contribution in [0.15, 0.2) is 315 Å². The topological polar surface area (TPSA) is 18.5 Å². The molecule has 13 aromatic rings. The highest BCUT2D eigenvalue weighted by Gasteiger charge is 2.03. The van der Waals surface area contributed by atoms with Gasteiger partial charge in [0, 0.05) is 28.4 Å². The Labute approximate surface area is 631 Å². The van der Waals surface area contributed by atoms with Gasteiger partial charge in [-0.15, -0.1) is 0 Å². The van der Waals surface area contributed by atoms with Crippen LogP contribution in [0.5, 0.6) is 0 Å². The van der Waals surface area contributed by atoms with E-state index in [0.717, 1.165) is 12.8 Å². The van der Waals surface area contributed by atoms with Crippen LogP contribution in [-0.4, -0.2) is 28.4 Å². The van der Waals surface area contributed by atoms with Gasteiger partial charge in [-0.1, -0.05) is 366 Å². The normalized spacial score (nSPS) is 9.60. The van der Waals surface area contributed by atoms with Crippen molar-refractivity contribution in [2.24, 2.45) is 0 Å². The lowest BCUT2D eigenvalue weighted by molar-refractivity contribution is 0.277. The number of aryl methyl sites for hydroxylation is 17. The summed E-state index contributed by atoms with van der Waals surface area (Å²) in [6, 6.07) is 111. The quantitative estimate of drug-likeness (QED) is 0.165. The summed E-state index contributed by atoms with van der Waals surface area (Å²) in [6.45, 7) is 38.3. The first-order chi connectivity index (χ1) is 49.8. The van der Waals surface area contributed by atoms with E-state index in [0.29, 0.717) is 0 Å². The van der Waals surface area contributed by atoms with Crippen LogP contribution in [0.4, 0.5) is 0 Å². The average molecular weight is 1380 g/mol. The Morgan fingerprint density at radius 3 is 0.635 bits per heavy atom. The molecule has 0 aliphatic heterocycles. The largest absolute Gasteiger partial charge is 0.388 e. The van der Waals surface area contributed by atoms with Crippen LogP contribution in [0, 0.1) is 125 Å². The summed E-state index contributed by atoms with van der Waals surface area (Å²) >= 11 is 0. The SMILES string of the molecule is COC.COC.Cc1ccc(-c2ccc(C)c(C)c2)cc1C.Cc1ccc(-c2ccc(C)cc2)cc1.Cc1ccc(C)c(C)c1.Cc1ccc(Cc2ccc(C)cc2)cc1.Cc1cccc(C)c1.Cc1cccc(C)c1C.Cc1ccccc1.Cc1ccccc1.c1ccc(Cc2ccccc2)cc1. The lowest BCUT2D eigenvalue weighted by Gasteiger charge is -2.08. The van der Waals surface area contributed by atoms with E-state index in [4.69, 9.17) is 0 Å². The lowest BCUT2D eigenvalue weighted by atomic mass is 9.98. The first kappa shape index (κ1) is 88.0. The van der Waals surface area contributed by atoms with Gasteiger partial charge in [0.05, 0.1) is 0 Å². The number of ether oxygens (including phenoxy) is 2. The molecule has 0 saturated carbocycles. The second kappa shape index (κ2) is 51.0. The number of benzene rings is 13. The van der Waals surface area contributed by atoms with E-state index in [2.05, 4.69) is 413 Å². The van der Waals surface area contributed by atoms with Crippen LogP contribution >= 0.6 is 0 Å². The van der Waals surface area contributed by atoms with Crippen molar-refractivity contribution >= 4 is 0 Å². The molecule has 0 bridgehead atoms. The number of rotatable bonds is 6. The van der Waals surface area contributed by atoms with Crippen molar-refractivity contribution in [2.75, 3.05) is 28.4 Å². The van der Waals surface area contributed by atoms with E-state index in [1.54, 1.807) is 28.4 Å². The highest BCUT2D eigenvalue weighted by atomic mass is 16.5. The smallest absolute Gasteiger partial charge is 0.0351 e. The summed E-state index contributed by atoms with van der Waals surface area (Å²) in [4.78, 5) is 0. The second-order valence-corrected chi connectivity index (χ2v) is 27.0. The zero-order chi connectivity index (χ0) is 76.6. The molecule has 0 amide bonds. The van der Waals surface area contributed by atoms with Gasteiger partial charge in [-0.25, -0.2) is 0 Å². The Morgan fingerprint density at radius 1 is 0.163 bits per heavy atom. The van der Waals surface area contributed by atoms with Gasteiger partial charge < -0.3 is 9.47 Å². The molecule has 13 aromatic carbocycles. The fourth-order valence-corrected chi connectivity index (χ4v) is 10.1. The molecule has 0 N–H and O–H groups in total. The summed E-state index contributed by atoms with van der Waals surface area (Å²) in [5.41, 5.74) is 35.0. The Bertz CT molecular complexity index is 4110. The van der Waals surface area contributed by atoms with E-state index in [1.165, 1.54) is 145 Å². The fourth-order valence-electron chi connectivity index (χ4n) is 10.1. The predicted molar refractivity (Wildman–Crippen MR) is 458 cm³/mol. The highest BCUT2D eigenvalue weighted by Crippen LogP contribution is 2.25. The molecule has 104 heavy (non-hydrogen) atoms. The lowest BCUT2D eigenvalue weighted by Crippen LogP contribution is -1.88. The number of methoxy groups -OCH3 is 2. The summed E-state index contributed by atoms with van der Waals surface area (Å²) in [7, 11) is 6.50. The molecule has 13 rings (SSSR count). The Balaban J connectivity index is 0.000000305. The van der Waals surface area contributed by atoms with Crippen molar-refractivity contribution in [2.45, 2.75) is 137 Å². The third-order valence-electron chi connectivity index (χ3n) is 17.1. The van der Waals surface area contributed by atoms with Crippen LogP contribution in [-0.2, 0) is 22.3 Å². The molecule has 542 valence electrons. The molecule has 0 aromatic heterocycles. The minimum atomic E-state index is 1.03. The number of hydrogen-bond acceptors (Lipinski definition) is 2. The standard InChI is InChI=1S/C16H18.C15H16.C14H14.C13H12.2C9H12.C8H10.2C7H8.2C2H6O/c1-11-5-7-15(9-13(11)3)16-8-6-12(2)14(4)10-16;1-12-3-7-14(8-4-12)11-15-9-5-13(2)6-10-15;1-11-3-7-13(8-4-11)14-9-5-12(2)6-10-14;1-3-7-12(8-4-1)11-13-9-5-2-6-10-13;1-7-4-5-8(2)9(3)6-7;1-7-5-4-6-8(2)9(7)3;1-7-4-3-5-8(2)6-7;2*1-7-5-3-2-4-6-7;2*1-3-2/h5-10H,1-4H3;3-10H,11H2,1-2H3;3-10H,1-2H3;1-10H,11H2;2*4-6H,1-3H3;3-6H,1-2H3;2*2-6H,1H3;2*1-2H3. The van der Waals surface area contributed by atoms with Crippen molar-refractivity contribution in [3.63, 3.8) is 0 Å². The molecular formula is C102H122O2. The molecule has 0 aliphatic carbocycles. The van der Waals surface area contributed by atoms with Crippen molar-refractivity contribution in [3.8, 4) is 22.3 Å². The van der Waals surface area contributed by atoms with Crippen LogP contribution < -0.4 is 0 Å². The van der Waals surface area contributed by atoms with Crippen LogP contribution in [0.2, 0.25) is 0 Å². The fraction of sp³-hybridized carbons (Fsp3) is 0.235.